The molecule has 0 atom stereocenters. The van der Waals surface area contributed by atoms with Gasteiger partial charge in [0.05, 0.1) is 24.5 Å². The minimum absolute atomic E-state index is 0.0929. The van der Waals surface area contributed by atoms with E-state index < -0.39 is 6.09 Å². The Morgan fingerprint density at radius 3 is 2.36 bits per heavy atom. The summed E-state index contributed by atoms with van der Waals surface area (Å²) in [6.45, 7) is 9.10. The van der Waals surface area contributed by atoms with Crippen LogP contribution in [0.1, 0.15) is 89.4 Å². The smallest absolute Gasteiger partial charge is 0.407 e. The van der Waals surface area contributed by atoms with Crippen LogP contribution in [0.3, 0.4) is 0 Å². The van der Waals surface area contributed by atoms with Crippen molar-refractivity contribution in [1.82, 2.24) is 20.1 Å². The Morgan fingerprint density at radius 1 is 1.00 bits per heavy atom. The normalized spacial score (nSPS) is 22.0. The van der Waals surface area contributed by atoms with Gasteiger partial charge in [-0.15, -0.1) is 0 Å². The molecule has 2 saturated carbocycles. The van der Waals surface area contributed by atoms with Crippen LogP contribution in [-0.4, -0.2) is 53.6 Å². The van der Waals surface area contributed by atoms with Gasteiger partial charge in [-0.2, -0.15) is 5.10 Å². The number of methoxy groups -OCH3 is 1. The van der Waals surface area contributed by atoms with Crippen LogP contribution in [0.2, 0.25) is 0 Å². The lowest BCUT2D eigenvalue weighted by Gasteiger charge is -2.36. The summed E-state index contributed by atoms with van der Waals surface area (Å²) in [5.74, 6) is 1.73. The SMILES string of the molecule is CNC(=O)OC1CCC(C(=O)N(CC2CCC(c3ccc(OC)c(C)n3)CC2)c2cccc(-c3cnn(C(C)(C)C)c3)c2)CC1. The van der Waals surface area contributed by atoms with E-state index in [-0.39, 0.29) is 23.5 Å². The van der Waals surface area contributed by atoms with Crippen LogP contribution in [0.4, 0.5) is 10.5 Å². The number of hydrogen-bond acceptors (Lipinski definition) is 6. The van der Waals surface area contributed by atoms with Crippen molar-refractivity contribution < 1.29 is 19.1 Å². The summed E-state index contributed by atoms with van der Waals surface area (Å²) in [4.78, 5) is 32.9. The zero-order valence-corrected chi connectivity index (χ0v) is 27.7. The van der Waals surface area contributed by atoms with E-state index in [1.165, 1.54) is 0 Å². The number of carbonyl (C=O) groups excluding carboxylic acids is 2. The maximum absolute atomic E-state index is 14.3. The van der Waals surface area contributed by atoms with Crippen molar-refractivity contribution in [3.63, 3.8) is 0 Å². The lowest BCUT2D eigenvalue weighted by Crippen LogP contribution is -2.42. The summed E-state index contributed by atoms with van der Waals surface area (Å²) < 4.78 is 12.9. The van der Waals surface area contributed by atoms with Crippen LogP contribution in [-0.2, 0) is 15.1 Å². The lowest BCUT2D eigenvalue weighted by atomic mass is 9.79. The zero-order valence-electron chi connectivity index (χ0n) is 27.7. The van der Waals surface area contributed by atoms with Crippen LogP contribution in [0, 0.1) is 18.8 Å². The molecule has 0 saturated heterocycles. The molecule has 2 aliphatic carbocycles. The van der Waals surface area contributed by atoms with E-state index in [2.05, 4.69) is 61.6 Å². The Morgan fingerprint density at radius 2 is 1.73 bits per heavy atom. The van der Waals surface area contributed by atoms with Gasteiger partial charge in [-0.1, -0.05) is 12.1 Å². The Bertz CT molecular complexity index is 1460. The van der Waals surface area contributed by atoms with Crippen LogP contribution in [0.5, 0.6) is 5.75 Å². The second-order valence-corrected chi connectivity index (χ2v) is 13.7. The first-order chi connectivity index (χ1) is 21.5. The fourth-order valence-electron chi connectivity index (χ4n) is 6.78. The predicted molar refractivity (Wildman–Crippen MR) is 177 cm³/mol. The highest BCUT2D eigenvalue weighted by Gasteiger charge is 2.34. The molecule has 0 spiro atoms. The van der Waals surface area contributed by atoms with E-state index in [1.54, 1.807) is 14.2 Å². The largest absolute Gasteiger partial charge is 0.495 e. The number of amides is 2. The summed E-state index contributed by atoms with van der Waals surface area (Å²) in [6.07, 6.45) is 10.5. The third-order valence-electron chi connectivity index (χ3n) is 9.51. The number of anilines is 1. The summed E-state index contributed by atoms with van der Waals surface area (Å²) in [5.41, 5.74) is 4.97. The summed E-state index contributed by atoms with van der Waals surface area (Å²) in [6, 6.07) is 12.5. The Hall–Kier alpha value is -3.88. The number of aromatic nitrogens is 3. The standard InChI is InChI=1S/C36H49N5O4/c1-24-33(44-6)19-18-32(39-24)26-12-10-25(11-13-26)22-40(34(42)27-14-16-31(17-15-27)45-35(43)37-5)30-9-7-8-28(20-30)29-21-38-41(23-29)36(2,3)4/h7-9,18-21,23,25-27,31H,10-17,22H2,1-6H3,(H,37,43). The number of nitrogens with one attached hydrogen (secondary N) is 1. The van der Waals surface area contributed by atoms with Crippen LogP contribution in [0.25, 0.3) is 11.1 Å². The van der Waals surface area contributed by atoms with Crippen molar-refractivity contribution in [2.75, 3.05) is 25.6 Å². The highest BCUT2D eigenvalue weighted by molar-refractivity contribution is 5.95. The maximum Gasteiger partial charge on any atom is 0.407 e. The molecule has 0 radical (unpaired) electrons. The second-order valence-electron chi connectivity index (χ2n) is 13.7. The van der Waals surface area contributed by atoms with Crippen LogP contribution in [0.15, 0.2) is 48.8 Å². The highest BCUT2D eigenvalue weighted by atomic mass is 16.6. The van der Waals surface area contributed by atoms with Gasteiger partial charge in [0.2, 0.25) is 5.91 Å². The van der Waals surface area contributed by atoms with Crippen molar-refractivity contribution in [1.29, 1.82) is 0 Å². The van der Waals surface area contributed by atoms with Crippen molar-refractivity contribution in [3.05, 3.63) is 60.2 Å². The first-order valence-corrected chi connectivity index (χ1v) is 16.4. The molecule has 0 unspecified atom stereocenters. The van der Waals surface area contributed by atoms with Crippen molar-refractivity contribution in [2.24, 2.45) is 11.8 Å². The Balaban J connectivity index is 1.33. The van der Waals surface area contributed by atoms with Crippen LogP contribution >= 0.6 is 0 Å². The lowest BCUT2D eigenvalue weighted by molar-refractivity contribution is -0.124. The number of alkyl carbamates (subject to hydrolysis) is 1. The van der Waals surface area contributed by atoms with E-state index >= 15 is 0 Å². The first-order valence-electron chi connectivity index (χ1n) is 16.4. The summed E-state index contributed by atoms with van der Waals surface area (Å²) in [5, 5.41) is 7.13. The third kappa shape index (κ3) is 7.86. The number of rotatable bonds is 8. The number of hydrogen-bond donors (Lipinski definition) is 1. The third-order valence-corrected chi connectivity index (χ3v) is 9.51. The molecule has 2 aromatic heterocycles. The average molecular weight is 616 g/mol. The summed E-state index contributed by atoms with van der Waals surface area (Å²) in [7, 11) is 3.25. The maximum atomic E-state index is 14.3. The van der Waals surface area contributed by atoms with E-state index in [0.717, 1.165) is 59.6 Å². The van der Waals surface area contributed by atoms with Gasteiger partial charge in [0, 0.05) is 48.6 Å². The van der Waals surface area contributed by atoms with Crippen molar-refractivity contribution in [2.45, 2.75) is 96.6 Å². The molecule has 9 nitrogen and oxygen atoms in total. The van der Waals surface area contributed by atoms with E-state index in [1.807, 2.05) is 34.8 Å². The van der Waals surface area contributed by atoms with Gasteiger partial charge in [-0.3, -0.25) is 14.5 Å². The van der Waals surface area contributed by atoms with Gasteiger partial charge in [-0.05, 0) is 115 Å². The van der Waals surface area contributed by atoms with E-state index in [4.69, 9.17) is 14.5 Å². The van der Waals surface area contributed by atoms with Crippen molar-refractivity contribution >= 4 is 17.7 Å². The Kier molecular flexibility index (Phi) is 10.1. The average Bonchev–Trinajstić information content (AvgIpc) is 3.56. The molecule has 242 valence electrons. The topological polar surface area (TPSA) is 98.6 Å². The first kappa shape index (κ1) is 32.5. The minimum atomic E-state index is -0.409. The molecular formula is C36H49N5O4. The molecule has 2 aliphatic rings. The van der Waals surface area contributed by atoms with Gasteiger partial charge in [0.25, 0.3) is 0 Å². The molecule has 0 aliphatic heterocycles. The molecule has 2 fully saturated rings. The number of ether oxygens (including phenoxy) is 2. The van der Waals surface area contributed by atoms with Gasteiger partial charge >= 0.3 is 6.09 Å². The zero-order chi connectivity index (χ0) is 32.1. The highest BCUT2D eigenvalue weighted by Crippen LogP contribution is 2.38. The molecule has 1 aromatic carbocycles. The number of nitrogens with zero attached hydrogens (tertiary/aromatic N) is 4. The molecule has 2 heterocycles. The molecule has 5 rings (SSSR count). The number of aryl methyl sites for hydroxylation is 1. The Labute approximate surface area is 267 Å². The fraction of sp³-hybridized carbons (Fsp3) is 0.556. The quantitative estimate of drug-likeness (QED) is 0.287. The van der Waals surface area contributed by atoms with E-state index in [9.17, 15) is 9.59 Å². The molecule has 1 N–H and O–H groups in total. The van der Waals surface area contributed by atoms with Crippen LogP contribution < -0.4 is 15.0 Å². The minimum Gasteiger partial charge on any atom is -0.495 e. The fourth-order valence-corrected chi connectivity index (χ4v) is 6.78. The number of benzene rings is 1. The molecule has 3 aromatic rings. The summed E-state index contributed by atoms with van der Waals surface area (Å²) >= 11 is 0. The second kappa shape index (κ2) is 14.0. The molecule has 2 amide bonds. The molecular weight excluding hydrogens is 566 g/mol. The van der Waals surface area contributed by atoms with Gasteiger partial charge in [0.15, 0.2) is 0 Å². The van der Waals surface area contributed by atoms with Gasteiger partial charge in [0.1, 0.15) is 11.9 Å². The molecule has 45 heavy (non-hydrogen) atoms. The number of carbonyl (C=O) groups is 2. The van der Waals surface area contributed by atoms with Gasteiger partial charge in [-0.25, -0.2) is 4.79 Å². The predicted octanol–water partition coefficient (Wildman–Crippen LogP) is 7.24. The monoisotopic (exact) mass is 615 g/mol. The molecule has 0 bridgehead atoms. The molecule has 9 heteroatoms. The van der Waals surface area contributed by atoms with Crippen molar-refractivity contribution in [3.8, 4) is 16.9 Å². The number of pyridine rings is 1. The van der Waals surface area contributed by atoms with Gasteiger partial charge < -0.3 is 19.7 Å². The van der Waals surface area contributed by atoms with E-state index in [0.29, 0.717) is 44.1 Å².